The van der Waals surface area contributed by atoms with E-state index >= 15 is 0 Å². The Kier molecular flexibility index (Phi) is 7.82. The Bertz CT molecular complexity index is 608. The molecule has 0 saturated heterocycles. The van der Waals surface area contributed by atoms with Crippen LogP contribution >= 0.6 is 31.9 Å². The number of carbonyl (C=O) groups is 2. The fraction of sp³-hybridized carbons (Fsp3) is 0.263. The van der Waals surface area contributed by atoms with Crippen molar-refractivity contribution in [2.24, 2.45) is 0 Å². The first-order chi connectivity index (χ1) is 11.6. The summed E-state index contributed by atoms with van der Waals surface area (Å²) in [6.07, 6.45) is 0. The van der Waals surface area contributed by atoms with Gasteiger partial charge in [0.25, 0.3) is 0 Å². The molecule has 2 aromatic carbocycles. The minimum atomic E-state index is 0.0192. The van der Waals surface area contributed by atoms with E-state index in [1.807, 2.05) is 41.3 Å². The second-order valence-electron chi connectivity index (χ2n) is 5.50. The Morgan fingerprint density at radius 3 is 1.62 bits per heavy atom. The molecule has 0 aliphatic carbocycles. The highest BCUT2D eigenvalue weighted by atomic mass is 79.9. The number of rotatable bonds is 9. The summed E-state index contributed by atoms with van der Waals surface area (Å²) in [6.45, 7) is 1.05. The van der Waals surface area contributed by atoms with Gasteiger partial charge in [-0.15, -0.1) is 0 Å². The first-order valence-electron chi connectivity index (χ1n) is 7.69. The Hall–Kier alpha value is -1.30. The van der Waals surface area contributed by atoms with Crippen LogP contribution in [-0.4, -0.2) is 46.3 Å². The number of hydrogen-bond acceptors (Lipinski definition) is 3. The van der Waals surface area contributed by atoms with Gasteiger partial charge in [0, 0.05) is 27.8 Å². The molecule has 0 amide bonds. The SMILES string of the molecule is O=C(CN(CC(=O)c1ccccc1)CC(Br)CBr)c1ccccc1. The summed E-state index contributed by atoms with van der Waals surface area (Å²) in [6, 6.07) is 18.4. The highest BCUT2D eigenvalue weighted by Crippen LogP contribution is 2.10. The van der Waals surface area contributed by atoms with Gasteiger partial charge in [-0.25, -0.2) is 0 Å². The van der Waals surface area contributed by atoms with E-state index in [1.165, 1.54) is 0 Å². The van der Waals surface area contributed by atoms with Crippen molar-refractivity contribution < 1.29 is 9.59 Å². The van der Waals surface area contributed by atoms with E-state index < -0.39 is 0 Å². The topological polar surface area (TPSA) is 37.4 Å². The summed E-state index contributed by atoms with van der Waals surface area (Å²) in [7, 11) is 0. The molecule has 5 heteroatoms. The lowest BCUT2D eigenvalue weighted by Crippen LogP contribution is -2.38. The summed E-state index contributed by atoms with van der Waals surface area (Å²) in [5, 5.41) is 0.753. The van der Waals surface area contributed by atoms with E-state index in [-0.39, 0.29) is 29.5 Å². The number of halogens is 2. The van der Waals surface area contributed by atoms with Crippen molar-refractivity contribution in [3.8, 4) is 0 Å². The molecule has 2 aromatic rings. The Labute approximate surface area is 159 Å². The largest absolute Gasteiger partial charge is 0.293 e. The zero-order valence-electron chi connectivity index (χ0n) is 13.2. The normalized spacial score (nSPS) is 12.1. The van der Waals surface area contributed by atoms with Gasteiger partial charge in [-0.1, -0.05) is 92.5 Å². The Morgan fingerprint density at radius 1 is 0.833 bits per heavy atom. The van der Waals surface area contributed by atoms with Crippen molar-refractivity contribution in [1.82, 2.24) is 4.90 Å². The molecule has 0 aliphatic rings. The summed E-state index contributed by atoms with van der Waals surface area (Å²) in [5.41, 5.74) is 1.33. The number of ketones is 2. The number of nitrogens with zero attached hydrogens (tertiary/aromatic N) is 1. The molecule has 126 valence electrons. The van der Waals surface area contributed by atoms with Gasteiger partial charge < -0.3 is 0 Å². The molecule has 1 atom stereocenters. The molecular weight excluding hydrogens is 434 g/mol. The smallest absolute Gasteiger partial charge is 0.176 e. The lowest BCUT2D eigenvalue weighted by molar-refractivity contribution is 0.0874. The third-order valence-electron chi connectivity index (χ3n) is 3.55. The van der Waals surface area contributed by atoms with Crippen LogP contribution in [0, 0.1) is 0 Å². The molecule has 2 rings (SSSR count). The monoisotopic (exact) mass is 451 g/mol. The highest BCUT2D eigenvalue weighted by Gasteiger charge is 2.19. The molecule has 0 spiro atoms. The fourth-order valence-electron chi connectivity index (χ4n) is 2.35. The lowest BCUT2D eigenvalue weighted by atomic mass is 10.1. The van der Waals surface area contributed by atoms with E-state index in [0.717, 1.165) is 5.33 Å². The van der Waals surface area contributed by atoms with Crippen molar-refractivity contribution >= 4 is 43.4 Å². The predicted octanol–water partition coefficient (Wildman–Crippen LogP) is 4.21. The maximum atomic E-state index is 12.5. The number of Topliss-reactive ketones (excluding diaryl/α,β-unsaturated/α-hetero) is 2. The first kappa shape index (κ1) is 19.0. The molecule has 0 aromatic heterocycles. The maximum Gasteiger partial charge on any atom is 0.176 e. The van der Waals surface area contributed by atoms with E-state index in [1.54, 1.807) is 24.3 Å². The van der Waals surface area contributed by atoms with Crippen molar-refractivity contribution in [1.29, 1.82) is 0 Å². The molecule has 0 N–H and O–H groups in total. The van der Waals surface area contributed by atoms with Crippen LogP contribution in [0.1, 0.15) is 20.7 Å². The third-order valence-corrected chi connectivity index (χ3v) is 5.81. The number of benzene rings is 2. The van der Waals surface area contributed by atoms with Crippen LogP contribution in [0.2, 0.25) is 0 Å². The molecule has 0 heterocycles. The van der Waals surface area contributed by atoms with Crippen molar-refractivity contribution in [3.05, 3.63) is 71.8 Å². The number of hydrogen-bond donors (Lipinski definition) is 0. The van der Waals surface area contributed by atoms with Gasteiger partial charge in [-0.3, -0.25) is 14.5 Å². The van der Waals surface area contributed by atoms with Crippen molar-refractivity contribution in [2.45, 2.75) is 4.83 Å². The number of alkyl halides is 2. The summed E-state index contributed by atoms with van der Waals surface area (Å²) in [5.74, 6) is 0.0384. The second kappa shape index (κ2) is 9.87. The Morgan fingerprint density at radius 2 is 1.25 bits per heavy atom. The Balaban J connectivity index is 2.07. The summed E-state index contributed by atoms with van der Waals surface area (Å²) < 4.78 is 0. The van der Waals surface area contributed by atoms with E-state index in [0.29, 0.717) is 17.7 Å². The first-order valence-corrected chi connectivity index (χ1v) is 9.72. The number of carbonyl (C=O) groups excluding carboxylic acids is 2. The van der Waals surface area contributed by atoms with Gasteiger partial charge in [-0.05, 0) is 0 Å². The molecule has 24 heavy (non-hydrogen) atoms. The molecule has 0 radical (unpaired) electrons. The van der Waals surface area contributed by atoms with Crippen LogP contribution in [0.4, 0.5) is 0 Å². The van der Waals surface area contributed by atoms with Gasteiger partial charge in [0.05, 0.1) is 13.1 Å². The summed E-state index contributed by atoms with van der Waals surface area (Å²) >= 11 is 6.98. The maximum absolute atomic E-state index is 12.5. The molecule has 0 bridgehead atoms. The van der Waals surface area contributed by atoms with E-state index in [9.17, 15) is 9.59 Å². The van der Waals surface area contributed by atoms with Gasteiger partial charge in [0.2, 0.25) is 0 Å². The van der Waals surface area contributed by atoms with Gasteiger partial charge in [0.15, 0.2) is 11.6 Å². The minimum absolute atomic E-state index is 0.0192. The van der Waals surface area contributed by atoms with Crippen molar-refractivity contribution in [2.75, 3.05) is 25.0 Å². The average molecular weight is 453 g/mol. The predicted molar refractivity (Wildman–Crippen MR) is 104 cm³/mol. The molecule has 0 saturated carbocycles. The average Bonchev–Trinajstić information content (AvgIpc) is 2.62. The fourth-order valence-corrected chi connectivity index (χ4v) is 2.97. The summed E-state index contributed by atoms with van der Waals surface area (Å²) in [4.78, 5) is 27.0. The van der Waals surface area contributed by atoms with Gasteiger partial charge in [-0.2, -0.15) is 0 Å². The van der Waals surface area contributed by atoms with Crippen LogP contribution in [-0.2, 0) is 0 Å². The third kappa shape index (κ3) is 5.96. The zero-order chi connectivity index (χ0) is 17.4. The van der Waals surface area contributed by atoms with Crippen LogP contribution in [0.15, 0.2) is 60.7 Å². The standard InChI is InChI=1S/C19H19Br2NO2/c20-11-17(21)12-22(13-18(23)15-7-3-1-4-8-15)14-19(24)16-9-5-2-6-10-16/h1-10,17H,11-14H2. The van der Waals surface area contributed by atoms with Gasteiger partial charge in [0.1, 0.15) is 0 Å². The van der Waals surface area contributed by atoms with Crippen LogP contribution in [0.5, 0.6) is 0 Å². The molecule has 0 aliphatic heterocycles. The van der Waals surface area contributed by atoms with Crippen LogP contribution < -0.4 is 0 Å². The molecule has 0 fully saturated rings. The van der Waals surface area contributed by atoms with Gasteiger partial charge >= 0.3 is 0 Å². The van der Waals surface area contributed by atoms with Crippen LogP contribution in [0.25, 0.3) is 0 Å². The zero-order valence-corrected chi connectivity index (χ0v) is 16.4. The molecular formula is C19H19Br2NO2. The lowest BCUT2D eigenvalue weighted by Gasteiger charge is -2.23. The van der Waals surface area contributed by atoms with E-state index in [2.05, 4.69) is 31.9 Å². The molecule has 1 unspecified atom stereocenters. The quantitative estimate of drug-likeness (QED) is 0.422. The van der Waals surface area contributed by atoms with Crippen LogP contribution in [0.3, 0.4) is 0 Å². The van der Waals surface area contributed by atoms with E-state index in [4.69, 9.17) is 0 Å². The van der Waals surface area contributed by atoms with Crippen molar-refractivity contribution in [3.63, 3.8) is 0 Å². The minimum Gasteiger partial charge on any atom is -0.293 e. The molecule has 3 nitrogen and oxygen atoms in total. The second-order valence-corrected chi connectivity index (χ2v) is 7.44. The highest BCUT2D eigenvalue weighted by molar-refractivity contribution is 9.12.